The van der Waals surface area contributed by atoms with Crippen molar-refractivity contribution in [3.05, 3.63) is 35.9 Å². The van der Waals surface area contributed by atoms with Crippen molar-refractivity contribution in [1.82, 2.24) is 0 Å². The van der Waals surface area contributed by atoms with E-state index < -0.39 is 0 Å². The minimum absolute atomic E-state index is 0. The zero-order valence-corrected chi connectivity index (χ0v) is 4.39. The van der Waals surface area contributed by atoms with Crippen LogP contribution in [0, 0.1) is 6.92 Å². The first-order valence-electron chi connectivity index (χ1n) is 2.41. The molecule has 0 spiro atoms. The van der Waals surface area contributed by atoms with Crippen molar-refractivity contribution in [2.45, 2.75) is 6.92 Å². The summed E-state index contributed by atoms with van der Waals surface area (Å²) in [5.41, 5.74) is 1.32. The zero-order valence-electron chi connectivity index (χ0n) is 4.39. The Labute approximate surface area is 109 Å². The third kappa shape index (κ3) is 3.33. The van der Waals surface area contributed by atoms with E-state index in [-0.39, 0.29) is 68.9 Å². The molecule has 0 aliphatic rings. The van der Waals surface area contributed by atoms with Gasteiger partial charge in [-0.1, -0.05) is 35.9 Å². The van der Waals surface area contributed by atoms with E-state index in [1.165, 1.54) is 5.56 Å². The van der Waals surface area contributed by atoms with E-state index in [1.54, 1.807) is 0 Å². The van der Waals surface area contributed by atoms with E-state index in [2.05, 4.69) is 19.1 Å². The fourth-order valence-electron chi connectivity index (χ4n) is 0.534. The molecule has 0 amide bonds. The Morgan fingerprint density at radius 3 is 1.75 bits per heavy atom. The maximum atomic E-state index is 2.08. The third-order valence-corrected chi connectivity index (χ3v) is 0.940. The van der Waals surface area contributed by atoms with E-state index in [9.17, 15) is 0 Å². The fraction of sp³-hybridized carbons (Fsp3) is 0.143. The Morgan fingerprint density at radius 2 is 1.50 bits per heavy atom. The minimum atomic E-state index is 0. The van der Waals surface area contributed by atoms with Crippen molar-refractivity contribution in [3.8, 4) is 0 Å². The SMILES string of the molecule is Cc1ccccc1.[CsH]. The Bertz CT molecular complexity index is 134. The van der Waals surface area contributed by atoms with Crippen molar-refractivity contribution >= 4 is 68.9 Å². The standard InChI is InChI=1S/C7H8.Cs.H/c1-7-5-3-2-4-6-7;;/h2-6H,1H3;;. The predicted octanol–water partition coefficient (Wildman–Crippen LogP) is 1.35. The monoisotopic (exact) mass is 226 g/mol. The molecule has 0 fully saturated rings. The topological polar surface area (TPSA) is 0 Å². The first-order valence-corrected chi connectivity index (χ1v) is 2.41. The summed E-state index contributed by atoms with van der Waals surface area (Å²) in [6, 6.07) is 10.3. The van der Waals surface area contributed by atoms with Crippen LogP contribution in [0.2, 0.25) is 0 Å². The van der Waals surface area contributed by atoms with Crippen LogP contribution < -0.4 is 0 Å². The fourth-order valence-corrected chi connectivity index (χ4v) is 0.534. The van der Waals surface area contributed by atoms with Crippen LogP contribution in [-0.4, -0.2) is 68.9 Å². The second-order valence-corrected chi connectivity index (χ2v) is 1.65. The number of hydrogen-bond donors (Lipinski definition) is 0. The molecule has 0 aliphatic heterocycles. The van der Waals surface area contributed by atoms with Gasteiger partial charge in [0.05, 0.1) is 0 Å². The van der Waals surface area contributed by atoms with Crippen LogP contribution in [0.4, 0.5) is 0 Å². The Balaban J connectivity index is 0.000000490. The van der Waals surface area contributed by atoms with Crippen LogP contribution in [0.3, 0.4) is 0 Å². The molecule has 1 aromatic carbocycles. The summed E-state index contributed by atoms with van der Waals surface area (Å²) in [7, 11) is 0. The third-order valence-electron chi connectivity index (χ3n) is 0.940. The molecule has 0 N–H and O–H groups in total. The summed E-state index contributed by atoms with van der Waals surface area (Å²) in [6.07, 6.45) is 0. The molecule has 0 aromatic heterocycles. The molecule has 0 radical (unpaired) electrons. The molecule has 0 saturated heterocycles. The van der Waals surface area contributed by atoms with Gasteiger partial charge in [-0.15, -0.1) is 0 Å². The Kier molecular flexibility index (Phi) is 5.90. The van der Waals surface area contributed by atoms with Crippen LogP contribution >= 0.6 is 0 Å². The molecule has 8 heavy (non-hydrogen) atoms. The van der Waals surface area contributed by atoms with E-state index in [4.69, 9.17) is 0 Å². The van der Waals surface area contributed by atoms with Gasteiger partial charge in [0, 0.05) is 0 Å². The molecule has 0 bridgehead atoms. The van der Waals surface area contributed by atoms with E-state index >= 15 is 0 Å². The quantitative estimate of drug-likeness (QED) is 0.626. The molecule has 0 atom stereocenters. The van der Waals surface area contributed by atoms with Crippen molar-refractivity contribution in [2.75, 3.05) is 0 Å². The van der Waals surface area contributed by atoms with Crippen molar-refractivity contribution in [1.29, 1.82) is 0 Å². The van der Waals surface area contributed by atoms with Gasteiger partial charge in [0.2, 0.25) is 0 Å². The van der Waals surface area contributed by atoms with Crippen LogP contribution in [-0.2, 0) is 0 Å². The summed E-state index contributed by atoms with van der Waals surface area (Å²) < 4.78 is 0. The molecular weight excluding hydrogens is 217 g/mol. The maximum absolute atomic E-state index is 2.08. The van der Waals surface area contributed by atoms with Gasteiger partial charge < -0.3 is 0 Å². The first-order chi connectivity index (χ1) is 3.39. The molecule has 0 saturated carbocycles. The molecule has 1 heteroatoms. The Hall–Kier alpha value is 1.27. The van der Waals surface area contributed by atoms with Crippen molar-refractivity contribution in [2.24, 2.45) is 0 Å². The zero-order chi connectivity index (χ0) is 5.11. The van der Waals surface area contributed by atoms with Gasteiger partial charge in [0.25, 0.3) is 0 Å². The second kappa shape index (κ2) is 5.09. The molecule has 38 valence electrons. The summed E-state index contributed by atoms with van der Waals surface area (Å²) in [5, 5.41) is 0. The normalized spacial score (nSPS) is 7.62. The second-order valence-electron chi connectivity index (χ2n) is 1.65. The molecule has 0 nitrogen and oxygen atoms in total. The molecule has 1 aromatic rings. The first kappa shape index (κ1) is 9.27. The number of rotatable bonds is 0. The molecule has 0 heterocycles. The van der Waals surface area contributed by atoms with Gasteiger partial charge in [-0.3, -0.25) is 0 Å². The van der Waals surface area contributed by atoms with Gasteiger partial charge in [-0.2, -0.15) is 0 Å². The van der Waals surface area contributed by atoms with Crippen molar-refractivity contribution < 1.29 is 0 Å². The van der Waals surface area contributed by atoms with Gasteiger partial charge in [0.15, 0.2) is 0 Å². The van der Waals surface area contributed by atoms with Crippen LogP contribution in [0.25, 0.3) is 0 Å². The van der Waals surface area contributed by atoms with E-state index in [0.29, 0.717) is 0 Å². The summed E-state index contributed by atoms with van der Waals surface area (Å²) in [6.45, 7) is 2.08. The average molecular weight is 226 g/mol. The van der Waals surface area contributed by atoms with E-state index in [0.717, 1.165) is 0 Å². The molecule has 1 rings (SSSR count). The summed E-state index contributed by atoms with van der Waals surface area (Å²) in [5.74, 6) is 0. The van der Waals surface area contributed by atoms with Gasteiger partial charge >= 0.3 is 68.9 Å². The van der Waals surface area contributed by atoms with Crippen LogP contribution in [0.15, 0.2) is 30.3 Å². The van der Waals surface area contributed by atoms with Gasteiger partial charge in [0.1, 0.15) is 0 Å². The summed E-state index contributed by atoms with van der Waals surface area (Å²) >= 11 is 0. The molecular formula is C7H9Cs. The predicted molar refractivity (Wildman–Crippen MR) is 38.3 cm³/mol. The van der Waals surface area contributed by atoms with Crippen LogP contribution in [0.1, 0.15) is 5.56 Å². The number of hydrogen-bond acceptors (Lipinski definition) is 0. The molecule has 0 unspecified atom stereocenters. The molecule has 0 aliphatic carbocycles. The van der Waals surface area contributed by atoms with Crippen LogP contribution in [0.5, 0.6) is 0 Å². The van der Waals surface area contributed by atoms with Gasteiger partial charge in [-0.25, -0.2) is 0 Å². The van der Waals surface area contributed by atoms with E-state index in [1.807, 2.05) is 18.2 Å². The Morgan fingerprint density at radius 1 is 1.00 bits per heavy atom. The average Bonchev–Trinajstić information content (AvgIpc) is 1.69. The van der Waals surface area contributed by atoms with Crippen molar-refractivity contribution in [3.63, 3.8) is 0 Å². The summed E-state index contributed by atoms with van der Waals surface area (Å²) in [4.78, 5) is 0. The number of benzene rings is 1. The van der Waals surface area contributed by atoms with Gasteiger partial charge in [-0.05, 0) is 6.92 Å². The number of aryl methyl sites for hydroxylation is 1.